The molecule has 2 aliphatic rings. The van der Waals surface area contributed by atoms with Gasteiger partial charge in [-0.3, -0.25) is 10.2 Å². The summed E-state index contributed by atoms with van der Waals surface area (Å²) in [4.78, 5) is 16.8. The van der Waals surface area contributed by atoms with Crippen LogP contribution in [0.2, 0.25) is 0 Å². The maximum atomic E-state index is 12.6. The van der Waals surface area contributed by atoms with Crippen molar-refractivity contribution >= 4 is 39.8 Å². The summed E-state index contributed by atoms with van der Waals surface area (Å²) in [5.41, 5.74) is 3.27. The number of nitrogens with zero attached hydrogens (tertiary/aromatic N) is 3. The molecule has 4 rings (SSSR count). The highest BCUT2D eigenvalue weighted by atomic mass is 32.2. The van der Waals surface area contributed by atoms with E-state index in [0.29, 0.717) is 48.7 Å². The molecule has 1 amide bonds. The van der Waals surface area contributed by atoms with Gasteiger partial charge in [0.05, 0.1) is 25.9 Å². The van der Waals surface area contributed by atoms with Crippen molar-refractivity contribution in [1.82, 2.24) is 5.01 Å². The predicted octanol–water partition coefficient (Wildman–Crippen LogP) is 5.06. The molecule has 0 atom stereocenters. The van der Waals surface area contributed by atoms with Gasteiger partial charge in [-0.2, -0.15) is 15.1 Å². The molecule has 0 bridgehead atoms. The molecule has 0 unspecified atom stereocenters. The first-order chi connectivity index (χ1) is 18.3. The minimum atomic E-state index is -0.466. The van der Waals surface area contributed by atoms with Gasteiger partial charge in [-0.1, -0.05) is 26.0 Å². The van der Waals surface area contributed by atoms with Crippen LogP contribution in [0.3, 0.4) is 0 Å². The number of ether oxygens (including phenoxy) is 4. The summed E-state index contributed by atoms with van der Waals surface area (Å²) in [5.74, 6) is 1.61. The average molecular weight is 537 g/mol. The van der Waals surface area contributed by atoms with Crippen molar-refractivity contribution in [1.29, 1.82) is 5.41 Å². The minimum Gasteiger partial charge on any atom is -0.493 e. The quantitative estimate of drug-likeness (QED) is 0.316. The molecule has 200 valence electrons. The lowest BCUT2D eigenvalue weighted by Crippen LogP contribution is -2.35. The van der Waals surface area contributed by atoms with Crippen LogP contribution in [-0.2, 0) is 9.53 Å². The first kappa shape index (κ1) is 27.4. The predicted molar refractivity (Wildman–Crippen MR) is 151 cm³/mol. The number of amides is 1. The Kier molecular flexibility index (Phi) is 8.85. The fourth-order valence-corrected chi connectivity index (χ4v) is 4.53. The summed E-state index contributed by atoms with van der Waals surface area (Å²) in [6.07, 6.45) is 1.61. The molecule has 0 radical (unpaired) electrons. The van der Waals surface area contributed by atoms with Gasteiger partial charge in [-0.15, -0.1) is 0 Å². The lowest BCUT2D eigenvalue weighted by molar-refractivity contribution is -0.114. The van der Waals surface area contributed by atoms with Gasteiger partial charge in [0.15, 0.2) is 17.3 Å². The van der Waals surface area contributed by atoms with Crippen LogP contribution in [-0.4, -0.2) is 60.5 Å². The number of benzene rings is 2. The first-order valence-corrected chi connectivity index (χ1v) is 13.2. The Hall–Kier alpha value is -3.63. The average Bonchev–Trinajstić information content (AvgIpc) is 3.33. The Labute approximate surface area is 227 Å². The molecule has 10 heteroatoms. The molecule has 1 N–H and O–H groups in total. The van der Waals surface area contributed by atoms with Crippen LogP contribution in [0.4, 0.5) is 0 Å². The van der Waals surface area contributed by atoms with Crippen molar-refractivity contribution in [2.45, 2.75) is 27.7 Å². The fourth-order valence-electron chi connectivity index (χ4n) is 3.63. The maximum absolute atomic E-state index is 12.6. The molecule has 38 heavy (non-hydrogen) atoms. The van der Waals surface area contributed by atoms with E-state index in [1.807, 2.05) is 32.0 Å². The molecule has 2 aliphatic heterocycles. The number of thioether (sulfide) groups is 1. The van der Waals surface area contributed by atoms with Crippen molar-refractivity contribution in [2.75, 3.05) is 33.5 Å². The Balaban J connectivity index is 1.30. The molecule has 2 aromatic rings. The largest absolute Gasteiger partial charge is 0.493 e. The van der Waals surface area contributed by atoms with E-state index in [2.05, 4.69) is 23.9 Å². The maximum Gasteiger partial charge on any atom is 0.283 e. The smallest absolute Gasteiger partial charge is 0.283 e. The number of fused-ring (bicyclic) bond motifs is 1. The topological polar surface area (TPSA) is 106 Å². The van der Waals surface area contributed by atoms with Crippen LogP contribution in [0.25, 0.3) is 6.08 Å². The van der Waals surface area contributed by atoms with Crippen LogP contribution < -0.4 is 14.2 Å². The van der Waals surface area contributed by atoms with E-state index in [4.69, 9.17) is 24.4 Å². The van der Waals surface area contributed by atoms with Crippen LogP contribution in [0, 0.1) is 25.2 Å². The molecule has 0 spiro atoms. The zero-order valence-corrected chi connectivity index (χ0v) is 23.1. The second-order valence-corrected chi connectivity index (χ2v) is 10.1. The number of carbonyl (C=O) groups is 1. The van der Waals surface area contributed by atoms with Crippen molar-refractivity contribution in [3.8, 4) is 17.2 Å². The third-order valence-electron chi connectivity index (χ3n) is 5.92. The summed E-state index contributed by atoms with van der Waals surface area (Å²) in [6, 6.07) is 11.3. The van der Waals surface area contributed by atoms with Gasteiger partial charge in [0.25, 0.3) is 5.91 Å². The molecule has 2 aromatic carbocycles. The number of hydrogen-bond donors (Lipinski definition) is 1. The molecule has 0 saturated carbocycles. The van der Waals surface area contributed by atoms with Crippen molar-refractivity contribution < 1.29 is 23.7 Å². The van der Waals surface area contributed by atoms with E-state index in [9.17, 15) is 4.79 Å². The zero-order valence-electron chi connectivity index (χ0n) is 22.2. The number of aryl methyl sites for hydroxylation is 2. The van der Waals surface area contributed by atoms with Gasteiger partial charge < -0.3 is 18.9 Å². The molecule has 2 heterocycles. The standard InChI is InChI=1S/C28H32N4O5S/c1-17(2)27-31-32-25(29)22(26(33)30-28(32)38-27)15-20-7-9-23(24(16-20)34-5)37-13-11-35-10-12-36-21-8-6-18(3)19(4)14-21/h6-9,14-17,29H,10-13H2,1-5H3. The highest BCUT2D eigenvalue weighted by molar-refractivity contribution is 8.27. The monoisotopic (exact) mass is 536 g/mol. The summed E-state index contributed by atoms with van der Waals surface area (Å²) >= 11 is 1.32. The Morgan fingerprint density at radius 3 is 2.47 bits per heavy atom. The number of methoxy groups -OCH3 is 1. The van der Waals surface area contributed by atoms with Crippen LogP contribution in [0.15, 0.2) is 52.1 Å². The van der Waals surface area contributed by atoms with Crippen LogP contribution >= 0.6 is 11.8 Å². The Morgan fingerprint density at radius 1 is 1.00 bits per heavy atom. The summed E-state index contributed by atoms with van der Waals surface area (Å²) in [6.45, 7) is 9.78. The number of amidine groups is 2. The summed E-state index contributed by atoms with van der Waals surface area (Å²) in [5, 5.41) is 15.6. The molecule has 9 nitrogen and oxygen atoms in total. The van der Waals surface area contributed by atoms with Crippen LogP contribution in [0.1, 0.15) is 30.5 Å². The lowest BCUT2D eigenvalue weighted by atomic mass is 10.1. The van der Waals surface area contributed by atoms with E-state index < -0.39 is 5.91 Å². The number of aliphatic imine (C=N–C) groups is 1. The van der Waals surface area contributed by atoms with E-state index in [-0.39, 0.29) is 17.3 Å². The van der Waals surface area contributed by atoms with E-state index in [1.54, 1.807) is 31.4 Å². The van der Waals surface area contributed by atoms with E-state index in [0.717, 1.165) is 10.8 Å². The summed E-state index contributed by atoms with van der Waals surface area (Å²) < 4.78 is 22.7. The van der Waals surface area contributed by atoms with Crippen molar-refractivity contribution in [3.63, 3.8) is 0 Å². The second-order valence-electron chi connectivity index (χ2n) is 9.08. The first-order valence-electron chi connectivity index (χ1n) is 12.4. The fraction of sp³-hybridized carbons (Fsp3) is 0.357. The van der Waals surface area contributed by atoms with Gasteiger partial charge in [0, 0.05) is 5.92 Å². The molecular formula is C28H32N4O5S. The molecule has 0 aromatic heterocycles. The third-order valence-corrected chi connectivity index (χ3v) is 7.13. The Bertz CT molecular complexity index is 1320. The van der Waals surface area contributed by atoms with Gasteiger partial charge in [-0.25, -0.2) is 0 Å². The molecule has 0 fully saturated rings. The number of hydrazone groups is 1. The highest BCUT2D eigenvalue weighted by Crippen LogP contribution is 2.32. The van der Waals surface area contributed by atoms with Crippen LogP contribution in [0.5, 0.6) is 17.2 Å². The minimum absolute atomic E-state index is 0.00100. The van der Waals surface area contributed by atoms with E-state index >= 15 is 0 Å². The Morgan fingerprint density at radius 2 is 1.76 bits per heavy atom. The van der Waals surface area contributed by atoms with Gasteiger partial charge >= 0.3 is 0 Å². The second kappa shape index (κ2) is 12.3. The molecule has 0 aliphatic carbocycles. The van der Waals surface area contributed by atoms with Crippen molar-refractivity contribution in [3.05, 3.63) is 58.7 Å². The van der Waals surface area contributed by atoms with Gasteiger partial charge in [0.2, 0.25) is 5.17 Å². The number of hydrogen-bond acceptors (Lipinski definition) is 8. The zero-order chi connectivity index (χ0) is 27.2. The number of carbonyl (C=O) groups excluding carboxylic acids is 1. The van der Waals surface area contributed by atoms with Gasteiger partial charge in [0.1, 0.15) is 24.0 Å². The van der Waals surface area contributed by atoms with Crippen molar-refractivity contribution in [2.24, 2.45) is 16.0 Å². The van der Waals surface area contributed by atoms with E-state index in [1.165, 1.54) is 27.9 Å². The number of rotatable bonds is 11. The third kappa shape index (κ3) is 6.43. The summed E-state index contributed by atoms with van der Waals surface area (Å²) in [7, 11) is 1.55. The SMILES string of the molecule is COc1cc(C=C2C(=N)N3N=C(C(C)C)SC3=NC2=O)ccc1OCCOCCOc1ccc(C)c(C)c1. The molecule has 0 saturated heterocycles. The lowest BCUT2D eigenvalue weighted by Gasteiger charge is -2.20. The number of nitrogens with one attached hydrogen (secondary N) is 1. The molecular weight excluding hydrogens is 504 g/mol. The van der Waals surface area contributed by atoms with Gasteiger partial charge in [-0.05, 0) is 72.6 Å². The highest BCUT2D eigenvalue weighted by Gasteiger charge is 2.36. The normalized spacial score (nSPS) is 16.1.